The van der Waals surface area contributed by atoms with E-state index < -0.39 is 0 Å². The summed E-state index contributed by atoms with van der Waals surface area (Å²) in [7, 11) is 3.29. The van der Waals surface area contributed by atoms with Crippen molar-refractivity contribution in [1.82, 2.24) is 14.7 Å². The number of methoxy groups -OCH3 is 2. The summed E-state index contributed by atoms with van der Waals surface area (Å²) in [6.45, 7) is 4.85. The van der Waals surface area contributed by atoms with Crippen LogP contribution in [0.25, 0.3) is 0 Å². The number of hydrogen-bond donors (Lipinski definition) is 0. The largest absolute Gasteiger partial charge is 0.497 e. The van der Waals surface area contributed by atoms with Crippen molar-refractivity contribution in [3.8, 4) is 5.75 Å². The van der Waals surface area contributed by atoms with E-state index in [0.717, 1.165) is 43.9 Å². The number of piperazine rings is 1. The number of rotatable bonds is 7. The lowest BCUT2D eigenvalue weighted by atomic mass is 10.1. The standard InChI is InChI=1S/C21H31N3O4/c1-27-15-14-23-13-12-22-10-3-11-24(16-19(22)21(23)26)20(25)9-6-17-4-7-18(28-2)8-5-17/h4-5,7-8,19H,3,6,9-16H2,1-2H3. The van der Waals surface area contributed by atoms with Crippen molar-refractivity contribution in [3.05, 3.63) is 29.8 Å². The first-order valence-corrected chi connectivity index (χ1v) is 10.0. The lowest BCUT2D eigenvalue weighted by molar-refractivity contribution is -0.143. The fourth-order valence-electron chi connectivity index (χ4n) is 3.96. The average Bonchev–Trinajstić information content (AvgIpc) is 2.95. The van der Waals surface area contributed by atoms with Gasteiger partial charge in [-0.1, -0.05) is 12.1 Å². The molecule has 0 radical (unpaired) electrons. The van der Waals surface area contributed by atoms with Crippen molar-refractivity contribution in [1.29, 1.82) is 0 Å². The number of benzene rings is 1. The van der Waals surface area contributed by atoms with Crippen molar-refractivity contribution in [3.63, 3.8) is 0 Å². The third kappa shape index (κ3) is 5.02. The SMILES string of the molecule is COCCN1CCN2CCCN(C(=O)CCc3ccc(OC)cc3)CC2C1=O. The van der Waals surface area contributed by atoms with Gasteiger partial charge in [0.15, 0.2) is 0 Å². The molecule has 154 valence electrons. The predicted octanol–water partition coefficient (Wildman–Crippen LogP) is 1.02. The van der Waals surface area contributed by atoms with Crippen LogP contribution in [0.2, 0.25) is 0 Å². The maximum atomic E-state index is 12.9. The molecule has 0 bridgehead atoms. The number of amides is 2. The van der Waals surface area contributed by atoms with Crippen LogP contribution in [0.15, 0.2) is 24.3 Å². The van der Waals surface area contributed by atoms with Gasteiger partial charge in [-0.2, -0.15) is 0 Å². The molecule has 1 unspecified atom stereocenters. The molecule has 2 aliphatic heterocycles. The average molecular weight is 389 g/mol. The van der Waals surface area contributed by atoms with Crippen LogP contribution in [0.5, 0.6) is 5.75 Å². The lowest BCUT2D eigenvalue weighted by Crippen LogP contribution is -2.60. The molecule has 3 rings (SSSR count). The fourth-order valence-corrected chi connectivity index (χ4v) is 3.96. The topological polar surface area (TPSA) is 62.3 Å². The minimum atomic E-state index is -0.224. The minimum Gasteiger partial charge on any atom is -0.497 e. The van der Waals surface area contributed by atoms with E-state index >= 15 is 0 Å². The minimum absolute atomic E-state index is 0.123. The number of carbonyl (C=O) groups is 2. The van der Waals surface area contributed by atoms with Crippen molar-refractivity contribution in [2.75, 3.05) is 60.1 Å². The molecule has 0 aromatic heterocycles. The smallest absolute Gasteiger partial charge is 0.241 e. The number of fused-ring (bicyclic) bond motifs is 1. The fraction of sp³-hybridized carbons (Fsp3) is 0.619. The number of ether oxygens (including phenoxy) is 2. The molecule has 7 heteroatoms. The number of hydrogen-bond acceptors (Lipinski definition) is 5. The molecule has 1 aromatic carbocycles. The lowest BCUT2D eigenvalue weighted by Gasteiger charge is -2.40. The van der Waals surface area contributed by atoms with Crippen LogP contribution in [-0.4, -0.2) is 92.7 Å². The Balaban J connectivity index is 1.57. The van der Waals surface area contributed by atoms with E-state index in [0.29, 0.717) is 32.5 Å². The molecule has 2 saturated heterocycles. The number of aryl methyl sites for hydroxylation is 1. The van der Waals surface area contributed by atoms with Gasteiger partial charge in [0, 0.05) is 52.8 Å². The van der Waals surface area contributed by atoms with E-state index in [1.165, 1.54) is 0 Å². The molecule has 0 aliphatic carbocycles. The second-order valence-electron chi connectivity index (χ2n) is 7.41. The third-order valence-electron chi connectivity index (χ3n) is 5.67. The summed E-state index contributed by atoms with van der Waals surface area (Å²) in [6.07, 6.45) is 2.07. The van der Waals surface area contributed by atoms with E-state index in [2.05, 4.69) is 4.90 Å². The molecule has 0 saturated carbocycles. The molecule has 0 N–H and O–H groups in total. The van der Waals surface area contributed by atoms with Crippen molar-refractivity contribution in [2.24, 2.45) is 0 Å². The zero-order chi connectivity index (χ0) is 19.9. The van der Waals surface area contributed by atoms with Crippen molar-refractivity contribution in [2.45, 2.75) is 25.3 Å². The Morgan fingerprint density at radius 3 is 2.61 bits per heavy atom. The Labute approximate surface area is 167 Å². The molecule has 2 amide bonds. The van der Waals surface area contributed by atoms with Gasteiger partial charge in [0.05, 0.1) is 13.7 Å². The van der Waals surface area contributed by atoms with E-state index in [1.54, 1.807) is 14.2 Å². The Kier molecular flexibility index (Phi) is 7.28. The predicted molar refractivity (Wildman–Crippen MR) is 106 cm³/mol. The highest BCUT2D eigenvalue weighted by atomic mass is 16.5. The van der Waals surface area contributed by atoms with Gasteiger partial charge < -0.3 is 19.3 Å². The highest BCUT2D eigenvalue weighted by Crippen LogP contribution is 2.19. The van der Waals surface area contributed by atoms with Crippen LogP contribution in [0.3, 0.4) is 0 Å². The summed E-state index contributed by atoms with van der Waals surface area (Å²) >= 11 is 0. The Morgan fingerprint density at radius 1 is 1.11 bits per heavy atom. The molecule has 2 aliphatic rings. The van der Waals surface area contributed by atoms with Gasteiger partial charge in [-0.05, 0) is 30.5 Å². The molecule has 7 nitrogen and oxygen atoms in total. The molecule has 2 heterocycles. The van der Waals surface area contributed by atoms with Crippen molar-refractivity contribution >= 4 is 11.8 Å². The molecule has 1 atom stereocenters. The summed E-state index contributed by atoms with van der Waals surface area (Å²) < 4.78 is 10.3. The second-order valence-corrected chi connectivity index (χ2v) is 7.41. The Hall–Kier alpha value is -2.12. The summed E-state index contributed by atoms with van der Waals surface area (Å²) in [5.74, 6) is 1.06. The van der Waals surface area contributed by atoms with E-state index in [9.17, 15) is 9.59 Å². The normalized spacial score (nSPS) is 20.6. The zero-order valence-corrected chi connectivity index (χ0v) is 16.9. The van der Waals surface area contributed by atoms with E-state index in [1.807, 2.05) is 34.1 Å². The summed E-state index contributed by atoms with van der Waals surface area (Å²) in [5, 5.41) is 0. The van der Waals surface area contributed by atoms with Gasteiger partial charge >= 0.3 is 0 Å². The van der Waals surface area contributed by atoms with Gasteiger partial charge in [0.25, 0.3) is 0 Å². The highest BCUT2D eigenvalue weighted by Gasteiger charge is 2.37. The van der Waals surface area contributed by atoms with Crippen LogP contribution in [0.4, 0.5) is 0 Å². The van der Waals surface area contributed by atoms with E-state index in [4.69, 9.17) is 9.47 Å². The summed E-state index contributed by atoms with van der Waals surface area (Å²) in [5.41, 5.74) is 1.12. The molecule has 1 aromatic rings. The zero-order valence-electron chi connectivity index (χ0n) is 16.9. The van der Waals surface area contributed by atoms with Gasteiger partial charge in [0.2, 0.25) is 11.8 Å². The van der Waals surface area contributed by atoms with Gasteiger partial charge in [-0.25, -0.2) is 0 Å². The molecule has 28 heavy (non-hydrogen) atoms. The van der Waals surface area contributed by atoms with Crippen LogP contribution in [-0.2, 0) is 20.7 Å². The van der Waals surface area contributed by atoms with Gasteiger partial charge in [-0.3, -0.25) is 14.5 Å². The summed E-state index contributed by atoms with van der Waals surface area (Å²) in [4.78, 5) is 31.7. The summed E-state index contributed by atoms with van der Waals surface area (Å²) in [6, 6.07) is 7.60. The highest BCUT2D eigenvalue weighted by molar-refractivity contribution is 5.84. The number of nitrogens with zero attached hydrogens (tertiary/aromatic N) is 3. The van der Waals surface area contributed by atoms with Crippen LogP contribution < -0.4 is 4.74 Å². The Bertz CT molecular complexity index is 664. The first-order valence-electron chi connectivity index (χ1n) is 10.0. The number of carbonyl (C=O) groups excluding carboxylic acids is 2. The molecule has 2 fully saturated rings. The van der Waals surface area contributed by atoms with Crippen LogP contribution in [0.1, 0.15) is 18.4 Å². The molecular formula is C21H31N3O4. The van der Waals surface area contributed by atoms with Gasteiger partial charge in [-0.15, -0.1) is 0 Å². The molecular weight excluding hydrogens is 358 g/mol. The first kappa shape index (κ1) is 20.6. The quantitative estimate of drug-likeness (QED) is 0.697. The monoisotopic (exact) mass is 389 g/mol. The van der Waals surface area contributed by atoms with E-state index in [-0.39, 0.29) is 17.9 Å². The maximum absolute atomic E-state index is 12.9. The Morgan fingerprint density at radius 2 is 1.89 bits per heavy atom. The first-order chi connectivity index (χ1) is 13.6. The van der Waals surface area contributed by atoms with Crippen LogP contribution >= 0.6 is 0 Å². The second kappa shape index (κ2) is 9.89. The molecule has 0 spiro atoms. The maximum Gasteiger partial charge on any atom is 0.241 e. The third-order valence-corrected chi connectivity index (χ3v) is 5.67. The van der Waals surface area contributed by atoms with Gasteiger partial charge in [0.1, 0.15) is 11.8 Å². The van der Waals surface area contributed by atoms with Crippen molar-refractivity contribution < 1.29 is 19.1 Å². The van der Waals surface area contributed by atoms with Crippen LogP contribution in [0, 0.1) is 0 Å².